The summed E-state index contributed by atoms with van der Waals surface area (Å²) in [5.41, 5.74) is 3.65. The van der Waals surface area contributed by atoms with Crippen molar-refractivity contribution in [2.24, 2.45) is 0 Å². The number of methoxy groups -OCH3 is 1. The van der Waals surface area contributed by atoms with Crippen LogP contribution >= 0.6 is 0 Å². The molecule has 6 nitrogen and oxygen atoms in total. The lowest BCUT2D eigenvalue weighted by atomic mass is 9.99. The number of nitrogens with one attached hydrogen (secondary N) is 1. The first-order valence-corrected chi connectivity index (χ1v) is 8.79. The van der Waals surface area contributed by atoms with E-state index >= 15 is 0 Å². The molecule has 25 heavy (non-hydrogen) atoms. The molecular formula is C19H26N4O2. The fourth-order valence-corrected chi connectivity index (χ4v) is 3.01. The maximum Gasteiger partial charge on any atom is 0.225 e. The molecule has 1 aromatic heterocycles. The standard InChI is InChI=1S/C19H26N4O2/c1-4-16-10-18(22-19(21-16)20-13(2)12-24)23-8-7-14-9-17(25-3)6-5-15(14)11-23/h5-6,9-10,13,24H,4,7-8,11-12H2,1-3H3,(H,20,21,22)/t13-/m1/s1. The van der Waals surface area contributed by atoms with E-state index in [0.29, 0.717) is 5.95 Å². The van der Waals surface area contributed by atoms with Gasteiger partial charge in [-0.2, -0.15) is 4.98 Å². The molecule has 0 unspecified atom stereocenters. The smallest absolute Gasteiger partial charge is 0.225 e. The van der Waals surface area contributed by atoms with Gasteiger partial charge in [-0.05, 0) is 43.0 Å². The number of aliphatic hydroxyl groups is 1. The highest BCUT2D eigenvalue weighted by molar-refractivity contribution is 5.49. The number of aryl methyl sites for hydroxylation is 1. The molecule has 0 amide bonds. The number of aromatic nitrogens is 2. The van der Waals surface area contributed by atoms with Gasteiger partial charge in [0.15, 0.2) is 0 Å². The Labute approximate surface area is 148 Å². The summed E-state index contributed by atoms with van der Waals surface area (Å²) in [7, 11) is 1.70. The molecule has 134 valence electrons. The van der Waals surface area contributed by atoms with Gasteiger partial charge >= 0.3 is 0 Å². The van der Waals surface area contributed by atoms with E-state index in [-0.39, 0.29) is 12.6 Å². The van der Waals surface area contributed by atoms with Crippen molar-refractivity contribution in [3.63, 3.8) is 0 Å². The van der Waals surface area contributed by atoms with Crippen molar-refractivity contribution in [1.82, 2.24) is 9.97 Å². The lowest BCUT2D eigenvalue weighted by molar-refractivity contribution is 0.281. The van der Waals surface area contributed by atoms with E-state index in [4.69, 9.17) is 4.74 Å². The topological polar surface area (TPSA) is 70.5 Å². The van der Waals surface area contributed by atoms with Crippen LogP contribution in [0.3, 0.4) is 0 Å². The van der Waals surface area contributed by atoms with E-state index in [9.17, 15) is 5.11 Å². The van der Waals surface area contributed by atoms with Crippen LogP contribution in [0.25, 0.3) is 0 Å². The van der Waals surface area contributed by atoms with Crippen LogP contribution in [0.5, 0.6) is 5.75 Å². The number of rotatable bonds is 6. The zero-order chi connectivity index (χ0) is 17.8. The average Bonchev–Trinajstić information content (AvgIpc) is 2.66. The number of hydrogen-bond donors (Lipinski definition) is 2. The lowest BCUT2D eigenvalue weighted by Gasteiger charge is -2.30. The van der Waals surface area contributed by atoms with Gasteiger partial charge in [-0.25, -0.2) is 4.98 Å². The van der Waals surface area contributed by atoms with Crippen LogP contribution in [0.1, 0.15) is 30.7 Å². The van der Waals surface area contributed by atoms with Crippen molar-refractivity contribution in [1.29, 1.82) is 0 Å². The molecule has 2 aromatic rings. The monoisotopic (exact) mass is 342 g/mol. The molecule has 1 atom stereocenters. The van der Waals surface area contributed by atoms with Crippen LogP contribution in [-0.2, 0) is 19.4 Å². The minimum Gasteiger partial charge on any atom is -0.497 e. The van der Waals surface area contributed by atoms with E-state index in [2.05, 4.69) is 45.3 Å². The van der Waals surface area contributed by atoms with Crippen molar-refractivity contribution in [3.8, 4) is 5.75 Å². The second kappa shape index (κ2) is 7.70. The van der Waals surface area contributed by atoms with Crippen molar-refractivity contribution in [2.75, 3.05) is 30.5 Å². The molecule has 1 aliphatic heterocycles. The Bertz CT molecular complexity index is 735. The van der Waals surface area contributed by atoms with Crippen molar-refractivity contribution in [3.05, 3.63) is 41.1 Å². The minimum atomic E-state index is -0.0745. The SMILES string of the molecule is CCc1cc(N2CCc3cc(OC)ccc3C2)nc(N[C@H](C)CO)n1. The molecule has 2 heterocycles. The summed E-state index contributed by atoms with van der Waals surface area (Å²) in [6.07, 6.45) is 1.81. The number of anilines is 2. The van der Waals surface area contributed by atoms with Gasteiger partial charge in [0.05, 0.1) is 13.7 Å². The summed E-state index contributed by atoms with van der Waals surface area (Å²) in [5.74, 6) is 2.42. The molecule has 6 heteroatoms. The summed E-state index contributed by atoms with van der Waals surface area (Å²) in [5, 5.41) is 12.4. The molecule has 0 spiro atoms. The number of nitrogens with zero attached hydrogens (tertiary/aromatic N) is 3. The molecule has 0 fully saturated rings. The van der Waals surface area contributed by atoms with E-state index in [0.717, 1.165) is 43.2 Å². The van der Waals surface area contributed by atoms with Crippen LogP contribution in [0.15, 0.2) is 24.3 Å². The molecule has 2 N–H and O–H groups in total. The summed E-state index contributed by atoms with van der Waals surface area (Å²) in [6.45, 7) is 5.78. The van der Waals surface area contributed by atoms with Crippen molar-refractivity contribution < 1.29 is 9.84 Å². The maximum absolute atomic E-state index is 9.25. The molecule has 0 saturated carbocycles. The summed E-state index contributed by atoms with van der Waals surface area (Å²) in [4.78, 5) is 11.5. The number of fused-ring (bicyclic) bond motifs is 1. The van der Waals surface area contributed by atoms with E-state index in [1.807, 2.05) is 13.0 Å². The fourth-order valence-electron chi connectivity index (χ4n) is 3.01. The molecule has 1 aromatic carbocycles. The quantitative estimate of drug-likeness (QED) is 0.840. The molecule has 1 aliphatic rings. The van der Waals surface area contributed by atoms with Crippen LogP contribution in [0, 0.1) is 0 Å². The third-order valence-electron chi connectivity index (χ3n) is 4.53. The van der Waals surface area contributed by atoms with Gasteiger partial charge in [0.25, 0.3) is 0 Å². The third kappa shape index (κ3) is 4.02. The number of hydrogen-bond acceptors (Lipinski definition) is 6. The van der Waals surface area contributed by atoms with E-state index < -0.39 is 0 Å². The fraction of sp³-hybridized carbons (Fsp3) is 0.474. The van der Waals surface area contributed by atoms with Gasteiger partial charge in [0.2, 0.25) is 5.95 Å². The van der Waals surface area contributed by atoms with Crippen LogP contribution in [0.2, 0.25) is 0 Å². The molecule has 0 saturated heterocycles. The normalized spacial score (nSPS) is 14.8. The van der Waals surface area contributed by atoms with Crippen LogP contribution in [-0.4, -0.2) is 41.4 Å². The summed E-state index contributed by atoms with van der Waals surface area (Å²) >= 11 is 0. The zero-order valence-corrected chi connectivity index (χ0v) is 15.1. The lowest BCUT2D eigenvalue weighted by Crippen LogP contribution is -2.31. The van der Waals surface area contributed by atoms with Crippen LogP contribution < -0.4 is 15.0 Å². The first-order chi connectivity index (χ1) is 12.1. The van der Waals surface area contributed by atoms with Gasteiger partial charge in [-0.1, -0.05) is 13.0 Å². The summed E-state index contributed by atoms with van der Waals surface area (Å²) < 4.78 is 5.32. The third-order valence-corrected chi connectivity index (χ3v) is 4.53. The first kappa shape index (κ1) is 17.5. The van der Waals surface area contributed by atoms with Gasteiger partial charge in [-0.15, -0.1) is 0 Å². The van der Waals surface area contributed by atoms with E-state index in [1.165, 1.54) is 11.1 Å². The molecule has 0 radical (unpaired) electrons. The molecule has 3 rings (SSSR count). The van der Waals surface area contributed by atoms with Crippen molar-refractivity contribution in [2.45, 2.75) is 39.3 Å². The Morgan fingerprint density at radius 1 is 1.28 bits per heavy atom. The van der Waals surface area contributed by atoms with Crippen LogP contribution in [0.4, 0.5) is 11.8 Å². The first-order valence-electron chi connectivity index (χ1n) is 8.79. The minimum absolute atomic E-state index is 0.0496. The van der Waals surface area contributed by atoms with Gasteiger partial charge in [0.1, 0.15) is 11.6 Å². The molecular weight excluding hydrogens is 316 g/mol. The predicted octanol–water partition coefficient (Wildman–Crippen LogP) is 2.40. The Morgan fingerprint density at radius 3 is 2.84 bits per heavy atom. The van der Waals surface area contributed by atoms with Gasteiger partial charge in [-0.3, -0.25) is 0 Å². The van der Waals surface area contributed by atoms with E-state index in [1.54, 1.807) is 7.11 Å². The Hall–Kier alpha value is -2.34. The highest BCUT2D eigenvalue weighted by atomic mass is 16.5. The Balaban J connectivity index is 1.84. The largest absolute Gasteiger partial charge is 0.497 e. The predicted molar refractivity (Wildman–Crippen MR) is 99.3 cm³/mol. The number of ether oxygens (including phenoxy) is 1. The highest BCUT2D eigenvalue weighted by Crippen LogP contribution is 2.27. The van der Waals surface area contributed by atoms with Crippen molar-refractivity contribution >= 4 is 11.8 Å². The second-order valence-corrected chi connectivity index (χ2v) is 6.43. The molecule has 0 bridgehead atoms. The number of aliphatic hydroxyl groups excluding tert-OH is 1. The maximum atomic E-state index is 9.25. The second-order valence-electron chi connectivity index (χ2n) is 6.43. The number of benzene rings is 1. The van der Waals surface area contributed by atoms with Gasteiger partial charge < -0.3 is 20.1 Å². The molecule has 0 aliphatic carbocycles. The zero-order valence-electron chi connectivity index (χ0n) is 15.1. The Kier molecular flexibility index (Phi) is 5.38. The Morgan fingerprint density at radius 2 is 2.12 bits per heavy atom. The highest BCUT2D eigenvalue weighted by Gasteiger charge is 2.19. The average molecular weight is 342 g/mol. The van der Waals surface area contributed by atoms with Gasteiger partial charge in [0, 0.05) is 30.9 Å². The summed E-state index contributed by atoms with van der Waals surface area (Å²) in [6, 6.07) is 8.25.